The van der Waals surface area contributed by atoms with Gasteiger partial charge in [0.25, 0.3) is 0 Å². The number of hydroxylamine groups is 1. The van der Waals surface area contributed by atoms with Crippen LogP contribution in [-0.2, 0) is 0 Å². The van der Waals surface area contributed by atoms with Gasteiger partial charge in [-0.25, -0.2) is 0 Å². The fourth-order valence-corrected chi connectivity index (χ4v) is 0.220. The molecule has 0 rings (SSSR count). The van der Waals surface area contributed by atoms with E-state index in [-0.39, 0.29) is 0 Å². The van der Waals surface area contributed by atoms with Crippen LogP contribution in [0.15, 0.2) is 0 Å². The van der Waals surface area contributed by atoms with Crippen LogP contribution in [0.25, 0.3) is 0 Å². The largest absolute Gasteiger partial charge is 0.372 e. The van der Waals surface area contributed by atoms with Crippen LogP contribution in [0, 0.1) is 0 Å². The SMILES string of the molecule is ONC(O)C(Cl)(Cl)Cl. The van der Waals surface area contributed by atoms with Crippen LogP contribution in [0.5, 0.6) is 0 Å². The van der Waals surface area contributed by atoms with Crippen molar-refractivity contribution in [3.63, 3.8) is 0 Å². The summed E-state index contributed by atoms with van der Waals surface area (Å²) in [6.45, 7) is 0. The van der Waals surface area contributed by atoms with Crippen molar-refractivity contribution >= 4 is 34.8 Å². The maximum atomic E-state index is 8.44. The van der Waals surface area contributed by atoms with Gasteiger partial charge in [0.05, 0.1) is 0 Å². The molecule has 0 aromatic carbocycles. The molecule has 0 aromatic rings. The fraction of sp³-hybridized carbons (Fsp3) is 1.00. The number of aliphatic hydroxyl groups excluding tert-OH is 1. The first-order valence-corrected chi connectivity index (χ1v) is 2.76. The number of hydrogen-bond acceptors (Lipinski definition) is 3. The van der Waals surface area contributed by atoms with Gasteiger partial charge < -0.3 is 10.3 Å². The van der Waals surface area contributed by atoms with Crippen LogP contribution in [0.1, 0.15) is 0 Å². The van der Waals surface area contributed by atoms with Crippen LogP contribution < -0.4 is 5.48 Å². The third kappa shape index (κ3) is 2.91. The summed E-state index contributed by atoms with van der Waals surface area (Å²) >= 11 is 15.1. The molecule has 50 valence electrons. The first-order chi connectivity index (χ1) is 3.48. The zero-order valence-corrected chi connectivity index (χ0v) is 5.87. The summed E-state index contributed by atoms with van der Waals surface area (Å²) in [6, 6.07) is 0. The first kappa shape index (κ1) is 8.75. The summed E-state index contributed by atoms with van der Waals surface area (Å²) in [6.07, 6.45) is -1.55. The molecule has 8 heavy (non-hydrogen) atoms. The highest BCUT2D eigenvalue weighted by Gasteiger charge is 2.29. The number of alkyl halides is 3. The van der Waals surface area contributed by atoms with E-state index in [4.69, 9.17) is 45.1 Å². The van der Waals surface area contributed by atoms with Crippen molar-refractivity contribution in [2.75, 3.05) is 0 Å². The van der Waals surface area contributed by atoms with Crippen molar-refractivity contribution in [2.24, 2.45) is 0 Å². The second-order valence-corrected chi connectivity index (χ2v) is 3.44. The maximum absolute atomic E-state index is 8.44. The zero-order valence-electron chi connectivity index (χ0n) is 3.61. The van der Waals surface area contributed by atoms with Crippen LogP contribution in [-0.4, -0.2) is 20.3 Å². The van der Waals surface area contributed by atoms with Gasteiger partial charge in [0, 0.05) is 0 Å². The number of hydrogen-bond donors (Lipinski definition) is 3. The Kier molecular flexibility index (Phi) is 3.34. The molecule has 0 amide bonds. The number of rotatable bonds is 1. The van der Waals surface area contributed by atoms with E-state index in [1.165, 1.54) is 5.48 Å². The Balaban J connectivity index is 3.62. The number of nitrogens with one attached hydrogen (secondary N) is 1. The van der Waals surface area contributed by atoms with Gasteiger partial charge in [0.15, 0.2) is 6.23 Å². The summed E-state index contributed by atoms with van der Waals surface area (Å²) in [5, 5.41) is 16.4. The maximum Gasteiger partial charge on any atom is 0.231 e. The van der Waals surface area contributed by atoms with Crippen molar-refractivity contribution in [2.45, 2.75) is 10.0 Å². The Hall–Kier alpha value is 0.750. The summed E-state index contributed by atoms with van der Waals surface area (Å²) in [5.41, 5.74) is 1.36. The van der Waals surface area contributed by atoms with E-state index in [1.807, 2.05) is 0 Å². The smallest absolute Gasteiger partial charge is 0.231 e. The number of halogens is 3. The van der Waals surface area contributed by atoms with Crippen molar-refractivity contribution in [3.8, 4) is 0 Å². The van der Waals surface area contributed by atoms with Crippen LogP contribution in [0.3, 0.4) is 0 Å². The molecule has 3 N–H and O–H groups in total. The van der Waals surface area contributed by atoms with Gasteiger partial charge in [0.2, 0.25) is 3.79 Å². The molecule has 0 bridgehead atoms. The molecule has 0 fully saturated rings. The molecule has 0 aliphatic rings. The van der Waals surface area contributed by atoms with E-state index in [0.29, 0.717) is 0 Å². The summed E-state index contributed by atoms with van der Waals surface area (Å²) < 4.78 is -1.88. The Morgan fingerprint density at radius 3 is 1.75 bits per heavy atom. The lowest BCUT2D eigenvalue weighted by molar-refractivity contribution is 0.00490. The molecule has 0 aliphatic carbocycles. The lowest BCUT2D eigenvalue weighted by atomic mass is 10.7. The van der Waals surface area contributed by atoms with E-state index in [9.17, 15) is 0 Å². The molecule has 0 aromatic heterocycles. The molecule has 0 spiro atoms. The van der Waals surface area contributed by atoms with Gasteiger partial charge in [-0.2, -0.15) is 5.48 Å². The standard InChI is InChI=1S/C2H4Cl3NO2/c3-2(4,5)1(7)6-8/h1,6-8H. The third-order valence-corrected chi connectivity index (χ3v) is 1.05. The van der Waals surface area contributed by atoms with Gasteiger partial charge in [0.1, 0.15) is 0 Å². The summed E-state index contributed by atoms with van der Waals surface area (Å²) in [5.74, 6) is 0. The Bertz CT molecular complexity index is 72.2. The van der Waals surface area contributed by atoms with E-state index in [2.05, 4.69) is 0 Å². The van der Waals surface area contributed by atoms with Gasteiger partial charge in [-0.05, 0) is 0 Å². The molecular formula is C2H4Cl3NO2. The van der Waals surface area contributed by atoms with Gasteiger partial charge >= 0.3 is 0 Å². The second-order valence-electron chi connectivity index (χ2n) is 1.07. The van der Waals surface area contributed by atoms with Crippen molar-refractivity contribution in [3.05, 3.63) is 0 Å². The highest BCUT2D eigenvalue weighted by molar-refractivity contribution is 6.68. The predicted molar refractivity (Wildman–Crippen MR) is 31.2 cm³/mol. The Labute approximate surface area is 61.1 Å². The molecule has 0 heterocycles. The zero-order chi connectivity index (χ0) is 6.78. The average molecular weight is 180 g/mol. The fourth-order valence-electron chi connectivity index (χ4n) is 0.0732. The monoisotopic (exact) mass is 179 g/mol. The van der Waals surface area contributed by atoms with Crippen molar-refractivity contribution in [1.29, 1.82) is 0 Å². The average Bonchev–Trinajstić information content (AvgIpc) is 1.62. The van der Waals surface area contributed by atoms with Crippen molar-refractivity contribution < 1.29 is 10.3 Å². The molecule has 3 nitrogen and oxygen atoms in total. The second kappa shape index (κ2) is 3.06. The molecule has 1 unspecified atom stereocenters. The van der Waals surface area contributed by atoms with Crippen LogP contribution >= 0.6 is 34.8 Å². The topological polar surface area (TPSA) is 52.5 Å². The first-order valence-electron chi connectivity index (χ1n) is 1.63. The Morgan fingerprint density at radius 2 is 1.75 bits per heavy atom. The molecular weight excluding hydrogens is 176 g/mol. The van der Waals surface area contributed by atoms with Crippen LogP contribution in [0.4, 0.5) is 0 Å². The lowest BCUT2D eigenvalue weighted by Crippen LogP contribution is -2.37. The molecule has 0 saturated heterocycles. The highest BCUT2D eigenvalue weighted by Crippen LogP contribution is 2.28. The molecule has 1 atom stereocenters. The third-order valence-electron chi connectivity index (χ3n) is 0.432. The quantitative estimate of drug-likeness (QED) is 0.316. The van der Waals surface area contributed by atoms with E-state index in [1.54, 1.807) is 0 Å². The van der Waals surface area contributed by atoms with E-state index in [0.717, 1.165) is 0 Å². The summed E-state index contributed by atoms with van der Waals surface area (Å²) in [7, 11) is 0. The van der Waals surface area contributed by atoms with Crippen molar-refractivity contribution in [1.82, 2.24) is 5.48 Å². The van der Waals surface area contributed by atoms with E-state index >= 15 is 0 Å². The molecule has 6 heteroatoms. The minimum absolute atomic E-state index is 1.36. The van der Waals surface area contributed by atoms with Gasteiger partial charge in [-0.15, -0.1) is 0 Å². The van der Waals surface area contributed by atoms with E-state index < -0.39 is 10.0 Å². The minimum atomic E-state index is -1.88. The minimum Gasteiger partial charge on any atom is -0.372 e. The number of aliphatic hydroxyl groups is 1. The lowest BCUT2D eigenvalue weighted by Gasteiger charge is -2.15. The van der Waals surface area contributed by atoms with Gasteiger partial charge in [-0.1, -0.05) is 34.8 Å². The molecule has 0 aliphatic heterocycles. The molecule has 0 radical (unpaired) electrons. The Morgan fingerprint density at radius 1 is 1.38 bits per heavy atom. The van der Waals surface area contributed by atoms with Crippen LogP contribution in [0.2, 0.25) is 0 Å². The van der Waals surface area contributed by atoms with Gasteiger partial charge in [-0.3, -0.25) is 0 Å². The normalized spacial score (nSPS) is 16.1. The highest BCUT2D eigenvalue weighted by atomic mass is 35.6. The predicted octanol–water partition coefficient (Wildman–Crippen LogP) is 0.654. The summed E-state index contributed by atoms with van der Waals surface area (Å²) in [4.78, 5) is 0. The molecule has 0 saturated carbocycles.